The van der Waals surface area contributed by atoms with Crippen LogP contribution < -0.4 is 9.64 Å². The van der Waals surface area contributed by atoms with Crippen molar-refractivity contribution < 1.29 is 4.74 Å². The molecule has 11 rings (SSSR count). The van der Waals surface area contributed by atoms with Gasteiger partial charge in [0.2, 0.25) is 0 Å². The lowest BCUT2D eigenvalue weighted by Gasteiger charge is -2.26. The lowest BCUT2D eigenvalue weighted by atomic mass is 9.90. The maximum atomic E-state index is 6.23. The summed E-state index contributed by atoms with van der Waals surface area (Å²) in [5, 5.41) is 2.50. The van der Waals surface area contributed by atoms with E-state index in [1.807, 2.05) is 0 Å². The van der Waals surface area contributed by atoms with Crippen molar-refractivity contribution in [2.24, 2.45) is 0 Å². The molecule has 0 saturated heterocycles. The van der Waals surface area contributed by atoms with Gasteiger partial charge in [-0.05, 0) is 118 Å². The van der Waals surface area contributed by atoms with E-state index >= 15 is 0 Å². The number of hydrogen-bond donors (Lipinski definition) is 0. The second-order valence-electron chi connectivity index (χ2n) is 14.9. The van der Waals surface area contributed by atoms with Gasteiger partial charge in [-0.3, -0.25) is 0 Å². The van der Waals surface area contributed by atoms with Crippen LogP contribution in [0.3, 0.4) is 0 Å². The highest BCUT2D eigenvalue weighted by Crippen LogP contribution is 2.44. The molecule has 0 bridgehead atoms. The second-order valence-corrected chi connectivity index (χ2v) is 14.9. The topological polar surface area (TPSA) is 17.4 Å². The minimum absolute atomic E-state index is 0.0836. The molecule has 0 saturated carbocycles. The van der Waals surface area contributed by atoms with E-state index in [0.717, 1.165) is 22.8 Å². The van der Waals surface area contributed by atoms with Gasteiger partial charge in [0.15, 0.2) is 0 Å². The molecule has 0 spiro atoms. The van der Waals surface area contributed by atoms with Crippen LogP contribution in [0, 0.1) is 0 Å². The van der Waals surface area contributed by atoms with Crippen molar-refractivity contribution in [2.45, 2.75) is 12.0 Å². The van der Waals surface area contributed by atoms with Crippen molar-refractivity contribution in [3.63, 3.8) is 0 Å². The quantitative estimate of drug-likeness (QED) is 0.162. The third kappa shape index (κ3) is 5.84. The molecule has 2 heterocycles. The average molecular weight is 731 g/mol. The lowest BCUT2D eigenvalue weighted by molar-refractivity contribution is 0.269. The summed E-state index contributed by atoms with van der Waals surface area (Å²) in [6.45, 7) is 0. The Hall–Kier alpha value is -7.36. The number of anilines is 3. The molecular formula is C54H38N2O. The third-order valence-electron chi connectivity index (χ3n) is 11.6. The minimum Gasteiger partial charge on any atom is -0.485 e. The van der Waals surface area contributed by atoms with Crippen molar-refractivity contribution in [1.29, 1.82) is 0 Å². The van der Waals surface area contributed by atoms with Crippen LogP contribution in [0.2, 0.25) is 0 Å². The molecule has 9 aromatic rings. The van der Waals surface area contributed by atoms with Crippen LogP contribution in [0.4, 0.5) is 17.1 Å². The van der Waals surface area contributed by atoms with Crippen molar-refractivity contribution >= 4 is 38.9 Å². The highest BCUT2D eigenvalue weighted by Gasteiger charge is 2.32. The highest BCUT2D eigenvalue weighted by atomic mass is 16.5. The van der Waals surface area contributed by atoms with E-state index in [0.29, 0.717) is 0 Å². The molecule has 3 nitrogen and oxygen atoms in total. The summed E-state index contributed by atoms with van der Waals surface area (Å²) in [4.78, 5) is 2.35. The number of allylic oxidation sites excluding steroid dienone is 2. The number of nitrogens with zero attached hydrogens (tertiary/aromatic N) is 2. The molecule has 2 aliphatic rings. The van der Waals surface area contributed by atoms with Gasteiger partial charge in [0.05, 0.1) is 11.0 Å². The standard InChI is InChI=1S/C54H38N2O/c1-3-11-37(12-4-1)38-19-27-44(28-20-38)55(46-31-23-40(24-32-46)42-26-34-54-50(36-42)48-16-8-10-18-53(48)57-54)45-29-21-39(22-30-45)41-25-33-52-49(35-41)47-15-7-9-17-51(47)56(52)43-13-5-2-6-14-43/h1-36,48,53H. The number of aromatic nitrogens is 1. The maximum Gasteiger partial charge on any atom is 0.128 e. The van der Waals surface area contributed by atoms with Crippen LogP contribution in [-0.4, -0.2) is 10.7 Å². The fourth-order valence-corrected chi connectivity index (χ4v) is 8.72. The fourth-order valence-electron chi connectivity index (χ4n) is 8.72. The van der Waals surface area contributed by atoms with Gasteiger partial charge in [-0.25, -0.2) is 0 Å². The first kappa shape index (κ1) is 33.0. The zero-order valence-electron chi connectivity index (χ0n) is 31.2. The number of ether oxygens (including phenoxy) is 1. The SMILES string of the molecule is C1=CC2Oc3ccc(-c4ccc(N(c5ccc(-c6ccccc6)cc5)c5ccc(-c6ccc7c(c6)c6ccccc6n7-c6ccccc6)cc5)cc4)cc3C2C=C1. The van der Waals surface area contributed by atoms with Gasteiger partial charge in [0, 0.05) is 45.0 Å². The van der Waals surface area contributed by atoms with E-state index in [9.17, 15) is 0 Å². The summed E-state index contributed by atoms with van der Waals surface area (Å²) in [6.07, 6.45) is 8.68. The molecule has 270 valence electrons. The molecule has 0 fully saturated rings. The third-order valence-corrected chi connectivity index (χ3v) is 11.6. The van der Waals surface area contributed by atoms with E-state index in [-0.39, 0.29) is 12.0 Å². The summed E-state index contributed by atoms with van der Waals surface area (Å²) >= 11 is 0. The van der Waals surface area contributed by atoms with Crippen LogP contribution in [-0.2, 0) is 0 Å². The Kier molecular flexibility index (Phi) is 7.96. The van der Waals surface area contributed by atoms with Crippen LogP contribution >= 0.6 is 0 Å². The van der Waals surface area contributed by atoms with Gasteiger partial charge < -0.3 is 14.2 Å². The molecule has 1 aliphatic carbocycles. The number of rotatable bonds is 7. The maximum absolute atomic E-state index is 6.23. The van der Waals surface area contributed by atoms with Crippen LogP contribution in [0.25, 0.3) is 60.9 Å². The Morgan fingerprint density at radius 2 is 0.912 bits per heavy atom. The molecule has 0 radical (unpaired) electrons. The predicted octanol–water partition coefficient (Wildman–Crippen LogP) is 14.2. The van der Waals surface area contributed by atoms with Gasteiger partial charge in [0.1, 0.15) is 11.9 Å². The van der Waals surface area contributed by atoms with Gasteiger partial charge in [-0.15, -0.1) is 0 Å². The zero-order chi connectivity index (χ0) is 37.7. The van der Waals surface area contributed by atoms with E-state index in [4.69, 9.17) is 4.74 Å². The Balaban J connectivity index is 0.954. The Morgan fingerprint density at radius 1 is 0.404 bits per heavy atom. The summed E-state index contributed by atoms with van der Waals surface area (Å²) in [6, 6.07) is 70.2. The summed E-state index contributed by atoms with van der Waals surface area (Å²) in [5.41, 5.74) is 15.3. The van der Waals surface area contributed by atoms with E-state index in [1.54, 1.807) is 0 Å². The van der Waals surface area contributed by atoms with Crippen molar-refractivity contribution in [3.05, 3.63) is 224 Å². The predicted molar refractivity (Wildman–Crippen MR) is 237 cm³/mol. The van der Waals surface area contributed by atoms with Crippen LogP contribution in [0.15, 0.2) is 218 Å². The van der Waals surface area contributed by atoms with Gasteiger partial charge in [-0.1, -0.05) is 133 Å². The molecule has 0 N–H and O–H groups in total. The molecule has 57 heavy (non-hydrogen) atoms. The second kappa shape index (κ2) is 13.7. The smallest absolute Gasteiger partial charge is 0.128 e. The van der Waals surface area contributed by atoms with Crippen LogP contribution in [0.5, 0.6) is 5.75 Å². The van der Waals surface area contributed by atoms with Gasteiger partial charge in [0.25, 0.3) is 0 Å². The van der Waals surface area contributed by atoms with Crippen molar-refractivity contribution in [1.82, 2.24) is 4.57 Å². The van der Waals surface area contributed by atoms with E-state index < -0.39 is 0 Å². The van der Waals surface area contributed by atoms with Crippen molar-refractivity contribution in [3.8, 4) is 44.8 Å². The Morgan fingerprint density at radius 3 is 1.60 bits per heavy atom. The first-order valence-electron chi connectivity index (χ1n) is 19.7. The molecule has 2 atom stereocenters. The van der Waals surface area contributed by atoms with E-state index in [2.05, 4.69) is 228 Å². The molecule has 8 aromatic carbocycles. The van der Waals surface area contributed by atoms with E-state index in [1.165, 1.54) is 66.4 Å². The highest BCUT2D eigenvalue weighted by molar-refractivity contribution is 6.10. The lowest BCUT2D eigenvalue weighted by Crippen LogP contribution is -2.15. The minimum atomic E-state index is 0.0836. The molecule has 1 aliphatic heterocycles. The monoisotopic (exact) mass is 730 g/mol. The Labute approximate surface area is 332 Å². The molecule has 3 heteroatoms. The molecule has 0 amide bonds. The normalized spacial score (nSPS) is 15.4. The summed E-state index contributed by atoms with van der Waals surface area (Å²) < 4.78 is 8.60. The molecule has 2 unspecified atom stereocenters. The largest absolute Gasteiger partial charge is 0.485 e. The number of fused-ring (bicyclic) bond motifs is 6. The first-order chi connectivity index (χ1) is 28.2. The van der Waals surface area contributed by atoms with Crippen LogP contribution in [0.1, 0.15) is 11.5 Å². The fraction of sp³-hybridized carbons (Fsp3) is 0.0370. The summed E-state index contributed by atoms with van der Waals surface area (Å²) in [7, 11) is 0. The number of hydrogen-bond acceptors (Lipinski definition) is 2. The first-order valence-corrected chi connectivity index (χ1v) is 19.7. The summed E-state index contributed by atoms with van der Waals surface area (Å²) in [5.74, 6) is 1.24. The average Bonchev–Trinajstić information content (AvgIpc) is 3.83. The number of para-hydroxylation sites is 2. The molecule has 1 aromatic heterocycles. The van der Waals surface area contributed by atoms with Crippen molar-refractivity contribution in [2.75, 3.05) is 4.90 Å². The number of benzene rings is 8. The zero-order valence-corrected chi connectivity index (χ0v) is 31.2. The van der Waals surface area contributed by atoms with Gasteiger partial charge >= 0.3 is 0 Å². The van der Waals surface area contributed by atoms with Gasteiger partial charge in [-0.2, -0.15) is 0 Å². The Bertz CT molecular complexity index is 2960. The molecular weight excluding hydrogens is 693 g/mol.